The number of nitrogen functional groups attached to an aromatic ring is 2. The minimum absolute atomic E-state index is 0.0225. The largest absolute Gasteiger partial charge is 0.382 e. The van der Waals surface area contributed by atoms with Crippen molar-refractivity contribution in [3.8, 4) is 5.69 Å². The number of benzene rings is 1. The molecule has 1 fully saturated rings. The van der Waals surface area contributed by atoms with Gasteiger partial charge in [0.1, 0.15) is 22.5 Å². The van der Waals surface area contributed by atoms with E-state index in [4.69, 9.17) is 39.7 Å². The summed E-state index contributed by atoms with van der Waals surface area (Å²) < 4.78 is 15.5. The highest BCUT2D eigenvalue weighted by Crippen LogP contribution is 2.44. The maximum absolute atomic E-state index is 14.1. The zero-order valence-corrected chi connectivity index (χ0v) is 18.7. The fourth-order valence-electron chi connectivity index (χ4n) is 3.80. The summed E-state index contributed by atoms with van der Waals surface area (Å²) in [6, 6.07) is 1.73. The van der Waals surface area contributed by atoms with Gasteiger partial charge in [-0.15, -0.1) is 0 Å². The van der Waals surface area contributed by atoms with Crippen LogP contribution in [0.1, 0.15) is 30.4 Å². The van der Waals surface area contributed by atoms with Gasteiger partial charge >= 0.3 is 0 Å². The smallest absolute Gasteiger partial charge is 0.266 e. The number of hydrogen-bond acceptors (Lipinski definition) is 8. The molecule has 1 aromatic carbocycles. The Kier molecular flexibility index (Phi) is 5.09. The maximum Gasteiger partial charge on any atom is 0.266 e. The number of H-pyrrole nitrogens is 1. The van der Waals surface area contributed by atoms with Crippen LogP contribution in [0.15, 0.2) is 23.1 Å². The highest BCUT2D eigenvalue weighted by atomic mass is 35.5. The minimum atomic E-state index is -0.634. The van der Waals surface area contributed by atoms with Crippen molar-refractivity contribution in [2.75, 3.05) is 16.8 Å². The van der Waals surface area contributed by atoms with Gasteiger partial charge in [-0.2, -0.15) is 15.1 Å². The summed E-state index contributed by atoms with van der Waals surface area (Å²) >= 11 is 12.6. The molecule has 4 aromatic rings. The second kappa shape index (κ2) is 7.85. The molecular formula is C20H18Cl2FN9O. The number of nitrogens with one attached hydrogen (secondary N) is 2. The summed E-state index contributed by atoms with van der Waals surface area (Å²) in [5.41, 5.74) is 12.3. The average Bonchev–Trinajstić information content (AvgIpc) is 3.51. The standard InChI is InChI=1S/C20H18Cl2FN9O/c1-7-12(6-26-31-7)32-18(28-15-10(19(32)33)4-9(23)5-11(15)21)14(8-2-3-8)27-17-13(22)16(24)29-20(25)30-17/h4-6,8,14H,2-3H2,1H3,(H,26,31)(H5,24,25,27,29,30)/t14-/m0/s1. The summed E-state index contributed by atoms with van der Waals surface area (Å²) in [6.45, 7) is 1.74. The summed E-state index contributed by atoms with van der Waals surface area (Å²) in [5.74, 6) is 0.00963. The first-order valence-corrected chi connectivity index (χ1v) is 10.8. The minimum Gasteiger partial charge on any atom is -0.382 e. The number of hydrogen-bond donors (Lipinski definition) is 4. The molecule has 1 aliphatic rings. The highest BCUT2D eigenvalue weighted by molar-refractivity contribution is 6.35. The fourth-order valence-corrected chi connectivity index (χ4v) is 4.19. The molecular weight excluding hydrogens is 472 g/mol. The van der Waals surface area contributed by atoms with E-state index >= 15 is 0 Å². The molecule has 0 amide bonds. The van der Waals surface area contributed by atoms with Crippen molar-refractivity contribution in [2.24, 2.45) is 5.92 Å². The van der Waals surface area contributed by atoms with E-state index in [1.54, 1.807) is 13.1 Å². The normalized spacial score (nSPS) is 14.5. The number of anilines is 3. The first-order chi connectivity index (χ1) is 15.7. The van der Waals surface area contributed by atoms with Crippen molar-refractivity contribution in [2.45, 2.75) is 25.8 Å². The van der Waals surface area contributed by atoms with Gasteiger partial charge in [0.25, 0.3) is 5.56 Å². The van der Waals surface area contributed by atoms with Gasteiger partial charge in [-0.25, -0.2) is 9.37 Å². The van der Waals surface area contributed by atoms with Crippen molar-refractivity contribution in [1.29, 1.82) is 0 Å². The van der Waals surface area contributed by atoms with Gasteiger partial charge in [0.2, 0.25) is 5.95 Å². The lowest BCUT2D eigenvalue weighted by Crippen LogP contribution is -2.30. The van der Waals surface area contributed by atoms with E-state index < -0.39 is 17.4 Å². The van der Waals surface area contributed by atoms with E-state index in [1.807, 2.05) is 0 Å². The Morgan fingerprint density at radius 2 is 2.00 bits per heavy atom. The maximum atomic E-state index is 14.1. The molecule has 3 aromatic heterocycles. The molecule has 13 heteroatoms. The quantitative estimate of drug-likeness (QED) is 0.332. The summed E-state index contributed by atoms with van der Waals surface area (Å²) in [7, 11) is 0. The third kappa shape index (κ3) is 3.72. The van der Waals surface area contributed by atoms with Gasteiger partial charge in [0, 0.05) is 6.20 Å². The number of nitrogens with zero attached hydrogens (tertiary/aromatic N) is 5. The topological polar surface area (TPSA) is 153 Å². The van der Waals surface area contributed by atoms with Crippen molar-refractivity contribution in [1.82, 2.24) is 29.7 Å². The molecule has 10 nitrogen and oxygen atoms in total. The van der Waals surface area contributed by atoms with Gasteiger partial charge in [0.15, 0.2) is 5.82 Å². The van der Waals surface area contributed by atoms with Crippen molar-refractivity contribution >= 4 is 51.7 Å². The van der Waals surface area contributed by atoms with E-state index in [0.717, 1.165) is 25.0 Å². The van der Waals surface area contributed by atoms with E-state index in [-0.39, 0.29) is 44.5 Å². The Bertz CT molecular complexity index is 1460. The van der Waals surface area contributed by atoms with Crippen LogP contribution >= 0.6 is 23.2 Å². The molecule has 0 radical (unpaired) electrons. The lowest BCUT2D eigenvalue weighted by molar-refractivity contribution is 0.607. The van der Waals surface area contributed by atoms with Gasteiger partial charge < -0.3 is 16.8 Å². The number of aromatic amines is 1. The van der Waals surface area contributed by atoms with Crippen LogP contribution < -0.4 is 22.3 Å². The van der Waals surface area contributed by atoms with Crippen LogP contribution in [0.2, 0.25) is 10.0 Å². The van der Waals surface area contributed by atoms with Crippen LogP contribution in [-0.2, 0) is 0 Å². The highest BCUT2D eigenvalue weighted by Gasteiger charge is 2.37. The number of halogens is 3. The molecule has 0 bridgehead atoms. The Hall–Kier alpha value is -3.44. The average molecular weight is 490 g/mol. The summed E-state index contributed by atoms with van der Waals surface area (Å²) in [4.78, 5) is 26.4. The Morgan fingerprint density at radius 1 is 1.24 bits per heavy atom. The van der Waals surface area contributed by atoms with Gasteiger partial charge in [0.05, 0.1) is 33.3 Å². The Balaban J connectivity index is 1.78. The predicted molar refractivity (Wildman–Crippen MR) is 124 cm³/mol. The molecule has 5 rings (SSSR count). The second-order valence-corrected chi connectivity index (χ2v) is 8.62. The third-order valence-electron chi connectivity index (χ3n) is 5.52. The molecule has 1 atom stereocenters. The first kappa shape index (κ1) is 21.4. The van der Waals surface area contributed by atoms with Crippen LogP contribution in [0, 0.1) is 18.7 Å². The first-order valence-electron chi connectivity index (χ1n) is 10.0. The van der Waals surface area contributed by atoms with Crippen molar-refractivity contribution in [3.05, 3.63) is 56.1 Å². The molecule has 1 saturated carbocycles. The van der Waals surface area contributed by atoms with Crippen LogP contribution in [0.3, 0.4) is 0 Å². The molecule has 0 spiro atoms. The molecule has 3 heterocycles. The molecule has 0 aliphatic heterocycles. The van der Waals surface area contributed by atoms with E-state index in [1.165, 1.54) is 4.57 Å². The molecule has 0 saturated heterocycles. The molecule has 0 unspecified atom stereocenters. The van der Waals surface area contributed by atoms with Crippen LogP contribution in [0.5, 0.6) is 0 Å². The third-order valence-corrected chi connectivity index (χ3v) is 6.18. The predicted octanol–water partition coefficient (Wildman–Crippen LogP) is 3.38. The second-order valence-electron chi connectivity index (χ2n) is 7.84. The van der Waals surface area contributed by atoms with E-state index in [0.29, 0.717) is 17.2 Å². The molecule has 33 heavy (non-hydrogen) atoms. The van der Waals surface area contributed by atoms with Crippen molar-refractivity contribution < 1.29 is 4.39 Å². The molecule has 1 aliphatic carbocycles. The number of aryl methyl sites for hydroxylation is 1. The van der Waals surface area contributed by atoms with Crippen molar-refractivity contribution in [3.63, 3.8) is 0 Å². The zero-order valence-electron chi connectivity index (χ0n) is 17.2. The van der Waals surface area contributed by atoms with Crippen LogP contribution in [-0.4, -0.2) is 29.7 Å². The zero-order chi connectivity index (χ0) is 23.4. The summed E-state index contributed by atoms with van der Waals surface area (Å²) in [6.07, 6.45) is 3.33. The van der Waals surface area contributed by atoms with Gasteiger partial charge in [-0.05, 0) is 37.8 Å². The number of rotatable bonds is 5. The SMILES string of the molecule is Cc1n[nH]cc1-n1c([C@@H](Nc2nc(N)nc(N)c2Cl)C2CC2)nc2c(Cl)cc(F)cc2c1=O. The Morgan fingerprint density at radius 3 is 2.67 bits per heavy atom. The molecule has 170 valence electrons. The van der Waals surface area contributed by atoms with E-state index in [9.17, 15) is 9.18 Å². The number of fused-ring (bicyclic) bond motifs is 1. The van der Waals surface area contributed by atoms with Gasteiger partial charge in [-0.3, -0.25) is 14.5 Å². The van der Waals surface area contributed by atoms with Crippen LogP contribution in [0.4, 0.5) is 22.0 Å². The fraction of sp³-hybridized carbons (Fsp3) is 0.250. The van der Waals surface area contributed by atoms with Gasteiger partial charge in [-0.1, -0.05) is 23.2 Å². The van der Waals surface area contributed by atoms with E-state index in [2.05, 4.69) is 25.5 Å². The van der Waals surface area contributed by atoms with Crippen LogP contribution in [0.25, 0.3) is 16.6 Å². The lowest BCUT2D eigenvalue weighted by Gasteiger charge is -2.23. The number of nitrogens with two attached hydrogens (primary N) is 2. The number of aromatic nitrogens is 6. The lowest BCUT2D eigenvalue weighted by atomic mass is 10.1. The molecule has 6 N–H and O–H groups in total. The monoisotopic (exact) mass is 489 g/mol. The Labute approximate surface area is 196 Å². The summed E-state index contributed by atoms with van der Waals surface area (Å²) in [5, 5.41) is 10.3.